The van der Waals surface area contributed by atoms with Crippen LogP contribution in [0, 0.1) is 0 Å². The van der Waals surface area contributed by atoms with Gasteiger partial charge in [0.25, 0.3) is 0 Å². The van der Waals surface area contributed by atoms with Crippen molar-refractivity contribution < 1.29 is 15.0 Å². The molecule has 44 heavy (non-hydrogen) atoms. The molecule has 0 spiro atoms. The van der Waals surface area contributed by atoms with Gasteiger partial charge in [0.1, 0.15) is 0 Å². The Labute approximate surface area is 271 Å². The van der Waals surface area contributed by atoms with E-state index >= 15 is 0 Å². The van der Waals surface area contributed by atoms with E-state index in [1.807, 2.05) is 18.2 Å². The van der Waals surface area contributed by atoms with E-state index in [1.165, 1.54) is 51.4 Å². The monoisotopic (exact) mass is 607 g/mol. The van der Waals surface area contributed by atoms with E-state index in [1.54, 1.807) is 6.08 Å². The molecule has 4 heteroatoms. The van der Waals surface area contributed by atoms with Gasteiger partial charge in [-0.25, -0.2) is 0 Å². The third-order valence-electron chi connectivity index (χ3n) is 7.06. The van der Waals surface area contributed by atoms with E-state index in [0.29, 0.717) is 0 Å². The summed E-state index contributed by atoms with van der Waals surface area (Å²) in [5, 5.41) is 22.7. The summed E-state index contributed by atoms with van der Waals surface area (Å²) in [6.45, 7) is 4.09. The van der Waals surface area contributed by atoms with E-state index < -0.39 is 12.1 Å². The summed E-state index contributed by atoms with van der Waals surface area (Å²) < 4.78 is 0. The first-order valence-electron chi connectivity index (χ1n) is 17.5. The third kappa shape index (κ3) is 30.8. The normalized spacial score (nSPS) is 14.4. The first kappa shape index (κ1) is 41.3. The highest BCUT2D eigenvalue weighted by Crippen LogP contribution is 2.09. The van der Waals surface area contributed by atoms with Crippen molar-refractivity contribution in [2.45, 2.75) is 142 Å². The summed E-state index contributed by atoms with van der Waals surface area (Å²) in [6.07, 6.45) is 52.2. The van der Waals surface area contributed by atoms with Gasteiger partial charge >= 0.3 is 0 Å². The Morgan fingerprint density at radius 1 is 0.568 bits per heavy atom. The highest BCUT2D eigenvalue weighted by Gasteiger charge is 2.17. The maximum atomic E-state index is 12.2. The minimum atomic E-state index is -0.914. The van der Waals surface area contributed by atoms with Crippen molar-refractivity contribution >= 4 is 5.91 Å². The summed E-state index contributed by atoms with van der Waals surface area (Å²) in [4.78, 5) is 12.2. The predicted molar refractivity (Wildman–Crippen MR) is 193 cm³/mol. The van der Waals surface area contributed by atoms with Crippen LogP contribution in [0.3, 0.4) is 0 Å². The molecule has 0 rings (SSSR count). The fraction of sp³-hybridized carbons (Fsp3) is 0.575. The van der Waals surface area contributed by atoms with Gasteiger partial charge in [-0.15, -0.1) is 0 Å². The Morgan fingerprint density at radius 2 is 1.02 bits per heavy atom. The average Bonchev–Trinajstić information content (AvgIpc) is 3.03. The topological polar surface area (TPSA) is 69.6 Å². The Hall–Kier alpha value is -2.69. The summed E-state index contributed by atoms with van der Waals surface area (Å²) >= 11 is 0. The molecule has 2 atom stereocenters. The second kappa shape index (κ2) is 34.8. The summed E-state index contributed by atoms with van der Waals surface area (Å²) in [5.74, 6) is -0.211. The van der Waals surface area contributed by atoms with Crippen molar-refractivity contribution in [3.05, 3.63) is 97.2 Å². The molecule has 0 aromatic carbocycles. The van der Waals surface area contributed by atoms with Crippen LogP contribution in [0.1, 0.15) is 129 Å². The molecule has 0 fully saturated rings. The van der Waals surface area contributed by atoms with Gasteiger partial charge in [-0.1, -0.05) is 150 Å². The minimum absolute atomic E-state index is 0.211. The average molecular weight is 608 g/mol. The van der Waals surface area contributed by atoms with Gasteiger partial charge in [0.05, 0.1) is 18.8 Å². The van der Waals surface area contributed by atoms with Gasteiger partial charge < -0.3 is 15.5 Å². The smallest absolute Gasteiger partial charge is 0.224 e. The number of nitrogens with one attached hydrogen (secondary N) is 1. The number of carbonyl (C=O) groups is 1. The van der Waals surface area contributed by atoms with E-state index in [4.69, 9.17) is 0 Å². The molecule has 0 heterocycles. The number of aliphatic hydroxyl groups is 2. The molecule has 0 radical (unpaired) electrons. The fourth-order valence-electron chi connectivity index (χ4n) is 4.39. The van der Waals surface area contributed by atoms with Gasteiger partial charge in [0.15, 0.2) is 0 Å². The first-order valence-corrected chi connectivity index (χ1v) is 17.5. The maximum Gasteiger partial charge on any atom is 0.224 e. The van der Waals surface area contributed by atoms with Crippen LogP contribution in [-0.2, 0) is 4.79 Å². The molecule has 0 saturated heterocycles. The zero-order chi connectivity index (χ0) is 32.2. The zero-order valence-electron chi connectivity index (χ0n) is 28.1. The molecule has 0 saturated carbocycles. The number of allylic oxidation sites excluding steroid dienone is 14. The molecule has 248 valence electrons. The van der Waals surface area contributed by atoms with E-state index in [0.717, 1.165) is 57.8 Å². The van der Waals surface area contributed by atoms with E-state index in [9.17, 15) is 15.0 Å². The van der Waals surface area contributed by atoms with Crippen LogP contribution >= 0.6 is 0 Å². The molecular weight excluding hydrogens is 542 g/mol. The SMILES string of the molecule is CC/C=C\C/C=C\C/C=C\C/C=C\C/C=C\CC(=O)NC(CO)C(O)/C=C/CC/C=C/CC/C=C/CCCCCCCCC. The first-order chi connectivity index (χ1) is 21.7. The molecule has 3 N–H and O–H groups in total. The van der Waals surface area contributed by atoms with Crippen LogP contribution < -0.4 is 5.32 Å². The molecule has 0 aromatic rings. The Kier molecular flexibility index (Phi) is 32.7. The Bertz CT molecular complexity index is 875. The van der Waals surface area contributed by atoms with Crippen LogP contribution in [0.25, 0.3) is 0 Å². The van der Waals surface area contributed by atoms with Crippen molar-refractivity contribution in [3.8, 4) is 0 Å². The zero-order valence-corrected chi connectivity index (χ0v) is 28.1. The highest BCUT2D eigenvalue weighted by atomic mass is 16.3. The van der Waals surface area contributed by atoms with Gasteiger partial charge in [0.2, 0.25) is 5.91 Å². The lowest BCUT2D eigenvalue weighted by Crippen LogP contribution is -2.44. The quantitative estimate of drug-likeness (QED) is 0.0585. The molecule has 0 bridgehead atoms. The van der Waals surface area contributed by atoms with Crippen molar-refractivity contribution in [1.82, 2.24) is 5.32 Å². The highest BCUT2D eigenvalue weighted by molar-refractivity contribution is 5.77. The van der Waals surface area contributed by atoms with E-state index in [-0.39, 0.29) is 18.9 Å². The van der Waals surface area contributed by atoms with Crippen LogP contribution in [0.4, 0.5) is 0 Å². The van der Waals surface area contributed by atoms with Gasteiger partial charge in [-0.2, -0.15) is 0 Å². The fourth-order valence-corrected chi connectivity index (χ4v) is 4.39. The predicted octanol–water partition coefficient (Wildman–Crippen LogP) is 10.3. The van der Waals surface area contributed by atoms with Crippen molar-refractivity contribution in [2.24, 2.45) is 0 Å². The van der Waals surface area contributed by atoms with Crippen LogP contribution in [0.15, 0.2) is 97.2 Å². The van der Waals surface area contributed by atoms with Crippen LogP contribution in [-0.4, -0.2) is 34.9 Å². The number of amides is 1. The third-order valence-corrected chi connectivity index (χ3v) is 7.06. The molecule has 0 aliphatic carbocycles. The summed E-state index contributed by atoms with van der Waals surface area (Å²) in [5.41, 5.74) is 0. The summed E-state index contributed by atoms with van der Waals surface area (Å²) in [6, 6.07) is -0.704. The Balaban J connectivity index is 3.92. The number of hydrogen-bond donors (Lipinski definition) is 3. The van der Waals surface area contributed by atoms with Crippen molar-refractivity contribution in [3.63, 3.8) is 0 Å². The second-order valence-corrected chi connectivity index (χ2v) is 11.2. The van der Waals surface area contributed by atoms with Gasteiger partial charge in [0, 0.05) is 6.42 Å². The van der Waals surface area contributed by atoms with Crippen molar-refractivity contribution in [1.29, 1.82) is 0 Å². The Morgan fingerprint density at radius 3 is 1.55 bits per heavy atom. The van der Waals surface area contributed by atoms with Crippen LogP contribution in [0.5, 0.6) is 0 Å². The minimum Gasteiger partial charge on any atom is -0.394 e. The van der Waals surface area contributed by atoms with Gasteiger partial charge in [-0.05, 0) is 70.6 Å². The molecular formula is C40H65NO3. The van der Waals surface area contributed by atoms with Crippen LogP contribution in [0.2, 0.25) is 0 Å². The second-order valence-electron chi connectivity index (χ2n) is 11.2. The maximum absolute atomic E-state index is 12.2. The van der Waals surface area contributed by atoms with Gasteiger partial charge in [-0.3, -0.25) is 4.79 Å². The lowest BCUT2D eigenvalue weighted by Gasteiger charge is -2.19. The molecule has 4 nitrogen and oxygen atoms in total. The number of unbranched alkanes of at least 4 members (excludes halogenated alkanes) is 9. The number of hydrogen-bond acceptors (Lipinski definition) is 3. The molecule has 0 aliphatic rings. The molecule has 0 aromatic heterocycles. The lowest BCUT2D eigenvalue weighted by molar-refractivity contribution is -0.122. The molecule has 2 unspecified atom stereocenters. The molecule has 0 aliphatic heterocycles. The summed E-state index contributed by atoms with van der Waals surface area (Å²) in [7, 11) is 0. The van der Waals surface area contributed by atoms with E-state index in [2.05, 4.69) is 92.1 Å². The number of rotatable bonds is 29. The standard InChI is InChI=1S/C40H65NO3/c1-3-5-7-9-11-13-15-17-19-20-22-23-25-27-29-31-33-35-39(43)38(37-42)41-40(44)36-34-32-30-28-26-24-21-18-16-14-12-10-8-6-4-2/h6,8,12,14,18-21,25-28,32-35,38-39,42-43H,3-5,7,9-11,13,15-17,22-24,29-31,36-37H2,1-2H3,(H,41,44)/b8-6-,14-12-,20-19+,21-18-,27-25+,28-26-,34-32-,35-33+. The largest absolute Gasteiger partial charge is 0.394 e. The number of aliphatic hydroxyl groups excluding tert-OH is 2. The lowest BCUT2D eigenvalue weighted by atomic mass is 10.1. The van der Waals surface area contributed by atoms with Crippen molar-refractivity contribution in [2.75, 3.05) is 6.61 Å². The number of carbonyl (C=O) groups excluding carboxylic acids is 1. The molecule has 1 amide bonds.